The molecule has 1 saturated carbocycles. The number of ether oxygens (including phenoxy) is 1. The Bertz CT molecular complexity index is 1580. The van der Waals surface area contributed by atoms with Crippen molar-refractivity contribution in [3.63, 3.8) is 0 Å². The topological polar surface area (TPSA) is 64.4 Å². The van der Waals surface area contributed by atoms with E-state index in [1.165, 1.54) is 23.3 Å². The summed E-state index contributed by atoms with van der Waals surface area (Å²) in [6, 6.07) is 21.1. The predicted octanol–water partition coefficient (Wildman–Crippen LogP) is 4.17. The molecule has 0 spiro atoms. The number of rotatable bonds is 5. The lowest BCUT2D eigenvalue weighted by Crippen LogP contribution is -2.49. The Labute approximate surface area is 209 Å². The summed E-state index contributed by atoms with van der Waals surface area (Å²) in [7, 11) is -3.39. The molecule has 3 heterocycles. The Kier molecular flexibility index (Phi) is 4.75. The van der Waals surface area contributed by atoms with Gasteiger partial charge in [-0.2, -0.15) is 5.10 Å². The zero-order valence-corrected chi connectivity index (χ0v) is 20.7. The molecule has 0 N–H and O–H groups in total. The minimum absolute atomic E-state index is 0.221. The molecule has 0 bridgehead atoms. The van der Waals surface area contributed by atoms with Gasteiger partial charge < -0.3 is 4.74 Å². The molecule has 3 unspecified atom stereocenters. The average molecular weight is 504 g/mol. The molecule has 3 atom stereocenters. The van der Waals surface area contributed by atoms with Crippen molar-refractivity contribution in [3.8, 4) is 5.69 Å². The van der Waals surface area contributed by atoms with Crippen LogP contribution in [0.4, 0.5) is 4.39 Å². The van der Waals surface area contributed by atoms with E-state index in [0.29, 0.717) is 13.1 Å². The molecule has 1 aromatic heterocycles. The number of sulfonamides is 1. The Balaban J connectivity index is 1.32. The highest BCUT2D eigenvalue weighted by atomic mass is 32.2. The number of aromatic nitrogens is 2. The minimum atomic E-state index is -3.39. The Morgan fingerprint density at radius 2 is 1.81 bits per heavy atom. The third kappa shape index (κ3) is 3.07. The maximum atomic E-state index is 13.5. The molecule has 2 aliphatic heterocycles. The molecule has 0 amide bonds. The summed E-state index contributed by atoms with van der Waals surface area (Å²) in [4.78, 5) is 0. The number of halogens is 1. The van der Waals surface area contributed by atoms with Crippen molar-refractivity contribution < 1.29 is 17.5 Å². The van der Waals surface area contributed by atoms with Crippen LogP contribution in [0.2, 0.25) is 0 Å². The molecule has 2 saturated heterocycles. The maximum Gasteiger partial charge on any atom is 0.221 e. The number of piperidine rings is 1. The molecule has 3 aromatic carbocycles. The molecule has 184 valence electrons. The molecule has 0 radical (unpaired) electrons. The number of benzene rings is 3. The first kappa shape index (κ1) is 22.2. The first-order chi connectivity index (χ1) is 17.4. The molecule has 36 heavy (non-hydrogen) atoms. The second-order valence-corrected chi connectivity index (χ2v) is 12.5. The average Bonchev–Trinajstić information content (AvgIpc) is 3.10. The predicted molar refractivity (Wildman–Crippen MR) is 135 cm³/mol. The molecular weight excluding hydrogens is 477 g/mol. The monoisotopic (exact) mass is 503 g/mol. The molecule has 8 heteroatoms. The fourth-order valence-corrected chi connectivity index (χ4v) is 8.20. The summed E-state index contributed by atoms with van der Waals surface area (Å²) < 4.78 is 48.8. The fourth-order valence-electron chi connectivity index (χ4n) is 6.48. The molecule has 4 aromatic rings. The van der Waals surface area contributed by atoms with Crippen LogP contribution in [-0.4, -0.2) is 54.1 Å². The summed E-state index contributed by atoms with van der Waals surface area (Å²) in [6.07, 6.45) is 1.84. The second kappa shape index (κ2) is 7.71. The highest BCUT2D eigenvalue weighted by molar-refractivity contribution is 7.89. The second-order valence-electron chi connectivity index (χ2n) is 10.3. The lowest BCUT2D eigenvalue weighted by atomic mass is 9.87. The molecule has 6 nitrogen and oxygen atoms in total. The summed E-state index contributed by atoms with van der Waals surface area (Å²) in [5, 5.41) is 5.14. The number of nitrogens with zero attached hydrogens (tertiary/aromatic N) is 3. The van der Waals surface area contributed by atoms with Gasteiger partial charge in [0.2, 0.25) is 10.0 Å². The summed E-state index contributed by atoms with van der Waals surface area (Å²) in [5.41, 5.74) is 5.03. The smallest absolute Gasteiger partial charge is 0.221 e. The van der Waals surface area contributed by atoms with Gasteiger partial charge in [-0.05, 0) is 65.9 Å². The van der Waals surface area contributed by atoms with Gasteiger partial charge in [-0.1, -0.05) is 30.3 Å². The van der Waals surface area contributed by atoms with Gasteiger partial charge in [-0.15, -0.1) is 0 Å². The Hall–Kier alpha value is -3.07. The normalized spacial score (nSPS) is 26.2. The molecule has 3 fully saturated rings. The lowest BCUT2D eigenvalue weighted by Gasteiger charge is -2.32. The third-order valence-electron chi connectivity index (χ3n) is 8.38. The van der Waals surface area contributed by atoms with E-state index in [4.69, 9.17) is 4.74 Å². The van der Waals surface area contributed by atoms with E-state index < -0.39 is 15.3 Å². The van der Waals surface area contributed by atoms with Crippen LogP contribution in [-0.2, 0) is 20.2 Å². The maximum absolute atomic E-state index is 13.5. The molecule has 7 rings (SSSR count). The van der Waals surface area contributed by atoms with E-state index in [9.17, 15) is 12.8 Å². The molecule has 1 aliphatic carbocycles. The van der Waals surface area contributed by atoms with E-state index in [-0.39, 0.29) is 36.3 Å². The summed E-state index contributed by atoms with van der Waals surface area (Å²) in [6.45, 7) is 3.68. The van der Waals surface area contributed by atoms with Crippen LogP contribution in [0.5, 0.6) is 0 Å². The number of hydrogen-bond donors (Lipinski definition) is 0. The van der Waals surface area contributed by atoms with Gasteiger partial charge in [-0.25, -0.2) is 21.8 Å². The third-order valence-corrected chi connectivity index (χ3v) is 10.5. The van der Waals surface area contributed by atoms with Crippen molar-refractivity contribution >= 4 is 20.9 Å². The van der Waals surface area contributed by atoms with Crippen molar-refractivity contribution in [2.24, 2.45) is 5.92 Å². The van der Waals surface area contributed by atoms with Gasteiger partial charge in [0.25, 0.3) is 0 Å². The van der Waals surface area contributed by atoms with Crippen LogP contribution in [0, 0.1) is 18.7 Å². The van der Waals surface area contributed by atoms with Gasteiger partial charge in [0, 0.05) is 29.8 Å². The Morgan fingerprint density at radius 1 is 1.06 bits per heavy atom. The van der Waals surface area contributed by atoms with Crippen molar-refractivity contribution in [1.29, 1.82) is 0 Å². The van der Waals surface area contributed by atoms with Crippen molar-refractivity contribution in [1.82, 2.24) is 14.1 Å². The Morgan fingerprint density at radius 3 is 2.50 bits per heavy atom. The SMILES string of the molecule is Cc1cc2c(cnn2-c2ccc(F)cc2)cc1C12CN(S(=O)(=O)C3COC3)CC1C2c1ccccc1. The molecular formula is C28H26FN3O3S. The van der Waals surface area contributed by atoms with E-state index in [1.54, 1.807) is 16.4 Å². The van der Waals surface area contributed by atoms with Crippen LogP contribution in [0.25, 0.3) is 16.6 Å². The van der Waals surface area contributed by atoms with Gasteiger partial charge in [0.1, 0.15) is 11.1 Å². The van der Waals surface area contributed by atoms with E-state index in [1.807, 2.05) is 16.9 Å². The van der Waals surface area contributed by atoms with Crippen LogP contribution < -0.4 is 0 Å². The zero-order valence-electron chi connectivity index (χ0n) is 19.8. The van der Waals surface area contributed by atoms with E-state index in [2.05, 4.69) is 48.4 Å². The van der Waals surface area contributed by atoms with Crippen molar-refractivity contribution in [3.05, 3.63) is 95.4 Å². The lowest BCUT2D eigenvalue weighted by molar-refractivity contribution is 0.0393. The van der Waals surface area contributed by atoms with Crippen LogP contribution in [0.15, 0.2) is 72.9 Å². The van der Waals surface area contributed by atoms with Gasteiger partial charge in [0.05, 0.1) is 30.6 Å². The molecule has 3 aliphatic rings. The van der Waals surface area contributed by atoms with Crippen LogP contribution in [0.1, 0.15) is 22.6 Å². The minimum Gasteiger partial charge on any atom is -0.378 e. The zero-order chi connectivity index (χ0) is 24.7. The van der Waals surface area contributed by atoms with E-state index in [0.717, 1.165) is 22.2 Å². The summed E-state index contributed by atoms with van der Waals surface area (Å²) in [5.74, 6) is 0.207. The standard InChI is InChI=1S/C28H26FN3O3S/c1-18-11-26-20(13-30-32(26)22-9-7-21(29)8-10-22)12-24(18)28-17-31(36(33,34)23-15-35-16-23)14-25(28)27(28)19-5-3-2-4-6-19/h2-13,23,25,27H,14-17H2,1H3. The van der Waals surface area contributed by atoms with Crippen molar-refractivity contribution in [2.75, 3.05) is 26.3 Å². The first-order valence-electron chi connectivity index (χ1n) is 12.3. The van der Waals surface area contributed by atoms with Crippen molar-refractivity contribution in [2.45, 2.75) is 23.5 Å². The van der Waals surface area contributed by atoms with Gasteiger partial charge >= 0.3 is 0 Å². The number of fused-ring (bicyclic) bond motifs is 2. The van der Waals surface area contributed by atoms with Gasteiger partial charge in [0.15, 0.2) is 0 Å². The quantitative estimate of drug-likeness (QED) is 0.410. The fraction of sp³-hybridized carbons (Fsp3) is 0.321. The number of aryl methyl sites for hydroxylation is 1. The summed E-state index contributed by atoms with van der Waals surface area (Å²) >= 11 is 0. The van der Waals surface area contributed by atoms with Gasteiger partial charge in [-0.3, -0.25) is 0 Å². The number of hydrogen-bond acceptors (Lipinski definition) is 4. The van der Waals surface area contributed by atoms with Crippen LogP contribution in [0.3, 0.4) is 0 Å². The van der Waals surface area contributed by atoms with E-state index >= 15 is 0 Å². The highest BCUT2D eigenvalue weighted by Crippen LogP contribution is 2.70. The highest BCUT2D eigenvalue weighted by Gasteiger charge is 2.72. The van der Waals surface area contributed by atoms with Crippen LogP contribution >= 0.6 is 0 Å². The largest absolute Gasteiger partial charge is 0.378 e. The first-order valence-corrected chi connectivity index (χ1v) is 13.8.